The van der Waals surface area contributed by atoms with Gasteiger partial charge in [-0.1, -0.05) is 18.2 Å². The number of phenolic OH excluding ortho intramolecular Hbond substituents is 1. The zero-order valence-corrected chi connectivity index (χ0v) is 15.6. The van der Waals surface area contributed by atoms with Gasteiger partial charge in [-0.3, -0.25) is 19.6 Å². The van der Waals surface area contributed by atoms with Crippen LogP contribution < -0.4 is 10.0 Å². The highest BCUT2D eigenvalue weighted by Crippen LogP contribution is 2.23. The smallest absolute Gasteiger partial charge is 0.270 e. The molecule has 0 radical (unpaired) electrons. The van der Waals surface area contributed by atoms with Crippen LogP contribution in [0.1, 0.15) is 10.4 Å². The Labute approximate surface area is 165 Å². The number of benzene rings is 3. The van der Waals surface area contributed by atoms with Gasteiger partial charge in [0.15, 0.2) is 0 Å². The Kier molecular flexibility index (Phi) is 5.46. The predicted octanol–water partition coefficient (Wildman–Crippen LogP) is 3.35. The first-order valence-electron chi connectivity index (χ1n) is 8.23. The van der Waals surface area contributed by atoms with Gasteiger partial charge < -0.3 is 10.4 Å². The molecule has 29 heavy (non-hydrogen) atoms. The highest BCUT2D eigenvalue weighted by Gasteiger charge is 2.18. The van der Waals surface area contributed by atoms with Gasteiger partial charge in [0, 0.05) is 23.4 Å². The van der Waals surface area contributed by atoms with E-state index >= 15 is 0 Å². The molecule has 0 aromatic heterocycles. The molecule has 0 spiro atoms. The molecule has 3 aromatic rings. The van der Waals surface area contributed by atoms with Crippen LogP contribution in [0.5, 0.6) is 5.75 Å². The highest BCUT2D eigenvalue weighted by molar-refractivity contribution is 7.92. The van der Waals surface area contributed by atoms with Crippen molar-refractivity contribution in [1.82, 2.24) is 0 Å². The van der Waals surface area contributed by atoms with Gasteiger partial charge in [0.2, 0.25) is 0 Å². The second-order valence-corrected chi connectivity index (χ2v) is 7.59. The molecule has 0 aliphatic heterocycles. The Balaban J connectivity index is 1.75. The van der Waals surface area contributed by atoms with Crippen LogP contribution in [0.3, 0.4) is 0 Å². The fourth-order valence-electron chi connectivity index (χ4n) is 2.44. The Hall–Kier alpha value is -3.92. The molecule has 148 valence electrons. The monoisotopic (exact) mass is 413 g/mol. The summed E-state index contributed by atoms with van der Waals surface area (Å²) >= 11 is 0. The second-order valence-electron chi connectivity index (χ2n) is 5.91. The Morgan fingerprint density at radius 3 is 2.31 bits per heavy atom. The van der Waals surface area contributed by atoms with Crippen molar-refractivity contribution < 1.29 is 23.2 Å². The predicted molar refractivity (Wildman–Crippen MR) is 106 cm³/mol. The third kappa shape index (κ3) is 4.68. The first-order chi connectivity index (χ1) is 13.8. The number of phenols is 1. The molecular weight excluding hydrogens is 398 g/mol. The number of nitro groups is 1. The first kappa shape index (κ1) is 19.8. The Bertz CT molecular complexity index is 1180. The summed E-state index contributed by atoms with van der Waals surface area (Å²) in [6.07, 6.45) is 0. The summed E-state index contributed by atoms with van der Waals surface area (Å²) in [5.74, 6) is -0.568. The molecule has 0 bridgehead atoms. The fourth-order valence-corrected chi connectivity index (χ4v) is 3.54. The van der Waals surface area contributed by atoms with Gasteiger partial charge in [-0.2, -0.15) is 0 Å². The van der Waals surface area contributed by atoms with Crippen LogP contribution in [0.4, 0.5) is 17.1 Å². The number of non-ortho nitro benzene ring substituents is 1. The zero-order valence-electron chi connectivity index (χ0n) is 14.8. The first-order valence-corrected chi connectivity index (χ1v) is 9.71. The van der Waals surface area contributed by atoms with E-state index in [0.717, 1.165) is 6.07 Å². The molecule has 0 fully saturated rings. The van der Waals surface area contributed by atoms with E-state index < -0.39 is 20.9 Å². The van der Waals surface area contributed by atoms with Gasteiger partial charge in [0.1, 0.15) is 5.75 Å². The second kappa shape index (κ2) is 7.98. The average molecular weight is 413 g/mol. The number of nitrogens with zero attached hydrogens (tertiary/aromatic N) is 1. The summed E-state index contributed by atoms with van der Waals surface area (Å²) < 4.78 is 27.2. The van der Waals surface area contributed by atoms with Crippen LogP contribution >= 0.6 is 0 Å². The molecular formula is C19H15N3O6S. The summed E-state index contributed by atoms with van der Waals surface area (Å²) in [5, 5.41) is 23.1. The third-order valence-electron chi connectivity index (χ3n) is 3.89. The maximum absolute atomic E-state index is 12.4. The molecule has 0 heterocycles. The van der Waals surface area contributed by atoms with Crippen molar-refractivity contribution in [2.75, 3.05) is 10.0 Å². The number of carbonyl (C=O) groups excluding carboxylic acids is 1. The lowest BCUT2D eigenvalue weighted by Gasteiger charge is -2.10. The summed E-state index contributed by atoms with van der Waals surface area (Å²) in [6, 6.07) is 16.5. The topological polar surface area (TPSA) is 139 Å². The van der Waals surface area contributed by atoms with Crippen molar-refractivity contribution in [3.05, 3.63) is 88.5 Å². The Morgan fingerprint density at radius 1 is 0.966 bits per heavy atom. The van der Waals surface area contributed by atoms with Crippen LogP contribution in [0.15, 0.2) is 77.7 Å². The van der Waals surface area contributed by atoms with Crippen molar-refractivity contribution in [3.63, 3.8) is 0 Å². The minimum atomic E-state index is -4.04. The summed E-state index contributed by atoms with van der Waals surface area (Å²) in [6.45, 7) is 0. The van der Waals surface area contributed by atoms with Gasteiger partial charge in [-0.15, -0.1) is 0 Å². The fraction of sp³-hybridized carbons (Fsp3) is 0. The number of para-hydroxylation sites is 2. The number of amides is 1. The number of carbonyl (C=O) groups is 1. The minimum Gasteiger partial charge on any atom is -0.506 e. The summed E-state index contributed by atoms with van der Waals surface area (Å²) in [4.78, 5) is 22.1. The van der Waals surface area contributed by atoms with E-state index in [1.54, 1.807) is 12.1 Å². The zero-order chi connectivity index (χ0) is 21.0. The van der Waals surface area contributed by atoms with Crippen LogP contribution in [-0.4, -0.2) is 24.4 Å². The van der Waals surface area contributed by atoms with Gasteiger partial charge in [0.25, 0.3) is 21.6 Å². The van der Waals surface area contributed by atoms with Gasteiger partial charge in [-0.05, 0) is 42.5 Å². The Morgan fingerprint density at radius 2 is 1.66 bits per heavy atom. The van der Waals surface area contributed by atoms with E-state index in [0.29, 0.717) is 0 Å². The number of nitro benzene ring substituents is 1. The molecule has 10 heteroatoms. The van der Waals surface area contributed by atoms with Crippen molar-refractivity contribution in [1.29, 1.82) is 0 Å². The van der Waals surface area contributed by atoms with Crippen LogP contribution in [0.2, 0.25) is 0 Å². The lowest BCUT2D eigenvalue weighted by molar-refractivity contribution is -0.385. The third-order valence-corrected chi connectivity index (χ3v) is 5.27. The lowest BCUT2D eigenvalue weighted by Crippen LogP contribution is -2.14. The van der Waals surface area contributed by atoms with Crippen molar-refractivity contribution in [3.8, 4) is 5.75 Å². The standard InChI is InChI=1S/C19H15N3O6S/c23-18-7-2-1-6-17(18)20-19(24)13-8-10-14(11-9-13)21-29(27,28)16-5-3-4-15(12-16)22(25)26/h1-12,21,23H,(H,20,24). The number of nitrogens with one attached hydrogen (secondary N) is 2. The van der Waals surface area contributed by atoms with E-state index in [-0.39, 0.29) is 33.3 Å². The molecule has 0 saturated heterocycles. The highest BCUT2D eigenvalue weighted by atomic mass is 32.2. The quantitative estimate of drug-likeness (QED) is 0.322. The van der Waals surface area contributed by atoms with Crippen molar-refractivity contribution in [2.24, 2.45) is 0 Å². The average Bonchev–Trinajstić information content (AvgIpc) is 2.70. The van der Waals surface area contributed by atoms with E-state index in [4.69, 9.17) is 0 Å². The van der Waals surface area contributed by atoms with Gasteiger partial charge >= 0.3 is 0 Å². The molecule has 0 aliphatic carbocycles. The van der Waals surface area contributed by atoms with Gasteiger partial charge in [-0.25, -0.2) is 8.42 Å². The molecule has 3 aromatic carbocycles. The number of sulfonamides is 1. The minimum absolute atomic E-state index is 0.0813. The largest absolute Gasteiger partial charge is 0.506 e. The maximum Gasteiger partial charge on any atom is 0.270 e. The van der Waals surface area contributed by atoms with E-state index in [9.17, 15) is 28.4 Å². The molecule has 9 nitrogen and oxygen atoms in total. The molecule has 3 rings (SSSR count). The van der Waals surface area contributed by atoms with Crippen LogP contribution in [0.25, 0.3) is 0 Å². The number of rotatable bonds is 6. The van der Waals surface area contributed by atoms with Crippen molar-refractivity contribution >= 4 is 33.0 Å². The van der Waals surface area contributed by atoms with Crippen LogP contribution in [-0.2, 0) is 10.0 Å². The van der Waals surface area contributed by atoms with Crippen molar-refractivity contribution in [2.45, 2.75) is 4.90 Å². The van der Waals surface area contributed by atoms with E-state index in [1.807, 2.05) is 0 Å². The van der Waals surface area contributed by atoms with E-state index in [2.05, 4.69) is 10.0 Å². The number of hydrogen-bond donors (Lipinski definition) is 3. The molecule has 3 N–H and O–H groups in total. The van der Waals surface area contributed by atoms with Gasteiger partial charge in [0.05, 0.1) is 15.5 Å². The lowest BCUT2D eigenvalue weighted by atomic mass is 10.2. The molecule has 1 amide bonds. The maximum atomic E-state index is 12.4. The van der Waals surface area contributed by atoms with Crippen LogP contribution in [0, 0.1) is 10.1 Å². The number of hydrogen-bond acceptors (Lipinski definition) is 6. The molecule has 0 saturated carbocycles. The normalized spacial score (nSPS) is 10.9. The summed E-state index contributed by atoms with van der Waals surface area (Å²) in [7, 11) is -4.04. The molecule has 0 atom stereocenters. The SMILES string of the molecule is O=C(Nc1ccccc1O)c1ccc(NS(=O)(=O)c2cccc([N+](=O)[O-])c2)cc1. The van der Waals surface area contributed by atoms with E-state index in [1.165, 1.54) is 54.6 Å². The number of anilines is 2. The number of aromatic hydroxyl groups is 1. The molecule has 0 aliphatic rings. The summed E-state index contributed by atoms with van der Waals surface area (Å²) in [5.41, 5.74) is 0.319. The molecule has 0 unspecified atom stereocenters.